The second-order valence-electron chi connectivity index (χ2n) is 3.71. The van der Waals surface area contributed by atoms with Crippen LogP contribution in [0.1, 0.15) is 25.8 Å². The van der Waals surface area contributed by atoms with Gasteiger partial charge in [-0.05, 0) is 18.6 Å². The van der Waals surface area contributed by atoms with Gasteiger partial charge in [-0.3, -0.25) is 0 Å². The molecule has 0 aliphatic carbocycles. The molecule has 0 amide bonds. The summed E-state index contributed by atoms with van der Waals surface area (Å²) in [6.07, 6.45) is 0.822. The van der Waals surface area contributed by atoms with Crippen molar-refractivity contribution in [1.29, 1.82) is 0 Å². The zero-order valence-electron chi connectivity index (χ0n) is 8.48. The first-order valence-corrected chi connectivity index (χ1v) is 5.49. The Bertz CT molecular complexity index is 301. The highest BCUT2D eigenvalue weighted by molar-refractivity contribution is 9.10. The maximum atomic E-state index is 13.6. The van der Waals surface area contributed by atoms with E-state index in [-0.39, 0.29) is 11.2 Å². The maximum absolute atomic E-state index is 13.6. The van der Waals surface area contributed by atoms with Crippen LogP contribution in [-0.4, -0.2) is 6.54 Å². The van der Waals surface area contributed by atoms with Crippen LogP contribution >= 0.6 is 15.9 Å². The molecule has 0 radical (unpaired) electrons. The summed E-state index contributed by atoms with van der Waals surface area (Å²) in [5.74, 6) is -0.186. The summed E-state index contributed by atoms with van der Waals surface area (Å²) in [7, 11) is 0. The van der Waals surface area contributed by atoms with Crippen LogP contribution in [0.25, 0.3) is 0 Å². The van der Waals surface area contributed by atoms with E-state index in [0.717, 1.165) is 10.9 Å². The van der Waals surface area contributed by atoms with Crippen LogP contribution in [-0.2, 0) is 5.41 Å². The van der Waals surface area contributed by atoms with Crippen LogP contribution in [0.5, 0.6) is 0 Å². The van der Waals surface area contributed by atoms with Crippen molar-refractivity contribution in [1.82, 2.24) is 0 Å². The molecule has 0 aliphatic heterocycles. The van der Waals surface area contributed by atoms with Crippen LogP contribution < -0.4 is 5.73 Å². The fraction of sp³-hybridized carbons (Fsp3) is 0.455. The van der Waals surface area contributed by atoms with Crippen molar-refractivity contribution in [3.63, 3.8) is 0 Å². The summed E-state index contributed by atoms with van der Waals surface area (Å²) in [5.41, 5.74) is 6.10. The molecule has 0 heterocycles. The van der Waals surface area contributed by atoms with Gasteiger partial charge < -0.3 is 5.73 Å². The number of nitrogens with two attached hydrogens (primary N) is 1. The van der Waals surface area contributed by atoms with Gasteiger partial charge in [0.05, 0.1) is 0 Å². The van der Waals surface area contributed by atoms with Gasteiger partial charge in [0.2, 0.25) is 0 Å². The molecule has 1 nitrogen and oxygen atoms in total. The van der Waals surface area contributed by atoms with Gasteiger partial charge in [0.15, 0.2) is 0 Å². The molecule has 1 rings (SSSR count). The molecule has 1 atom stereocenters. The van der Waals surface area contributed by atoms with E-state index in [0.29, 0.717) is 12.1 Å². The Balaban J connectivity index is 3.29. The third-order valence-electron chi connectivity index (χ3n) is 2.80. The summed E-state index contributed by atoms with van der Waals surface area (Å²) in [5, 5.41) is 0. The molecule has 78 valence electrons. The highest BCUT2D eigenvalue weighted by Crippen LogP contribution is 2.34. The number of hydrogen-bond acceptors (Lipinski definition) is 1. The highest BCUT2D eigenvalue weighted by Gasteiger charge is 2.28. The second kappa shape index (κ2) is 4.41. The number of rotatable bonds is 3. The Hall–Kier alpha value is -0.410. The predicted octanol–water partition coefficient (Wildman–Crippen LogP) is 3.21. The monoisotopic (exact) mass is 259 g/mol. The van der Waals surface area contributed by atoms with E-state index in [9.17, 15) is 4.39 Å². The Morgan fingerprint density at radius 1 is 1.50 bits per heavy atom. The van der Waals surface area contributed by atoms with E-state index in [4.69, 9.17) is 5.73 Å². The zero-order chi connectivity index (χ0) is 10.8. The first-order chi connectivity index (χ1) is 6.55. The molecule has 0 fully saturated rings. The molecule has 14 heavy (non-hydrogen) atoms. The van der Waals surface area contributed by atoms with Crippen molar-refractivity contribution in [2.45, 2.75) is 25.7 Å². The highest BCUT2D eigenvalue weighted by atomic mass is 79.9. The molecular weight excluding hydrogens is 245 g/mol. The largest absolute Gasteiger partial charge is 0.330 e. The van der Waals surface area contributed by atoms with Crippen LogP contribution in [0, 0.1) is 5.82 Å². The summed E-state index contributed by atoms with van der Waals surface area (Å²) in [4.78, 5) is 0. The summed E-state index contributed by atoms with van der Waals surface area (Å²) in [6.45, 7) is 4.45. The van der Waals surface area contributed by atoms with Crippen molar-refractivity contribution < 1.29 is 4.39 Å². The minimum atomic E-state index is -0.288. The molecule has 0 aliphatic rings. The quantitative estimate of drug-likeness (QED) is 0.887. The fourth-order valence-electron chi connectivity index (χ4n) is 1.50. The smallest absolute Gasteiger partial charge is 0.128 e. The van der Waals surface area contributed by atoms with E-state index >= 15 is 0 Å². The molecule has 0 saturated carbocycles. The van der Waals surface area contributed by atoms with Gasteiger partial charge in [-0.1, -0.05) is 35.8 Å². The Kier molecular flexibility index (Phi) is 3.67. The molecular formula is C11H15BrFN. The number of benzene rings is 1. The third-order valence-corrected chi connectivity index (χ3v) is 3.46. The van der Waals surface area contributed by atoms with Crippen LogP contribution in [0.15, 0.2) is 22.7 Å². The lowest BCUT2D eigenvalue weighted by Crippen LogP contribution is -2.32. The molecule has 0 bridgehead atoms. The molecule has 1 aromatic carbocycles. The molecule has 2 N–H and O–H groups in total. The SMILES string of the molecule is CCC(C)(CN)c1c(F)cccc1Br. The topological polar surface area (TPSA) is 26.0 Å². The molecule has 0 aromatic heterocycles. The van der Waals surface area contributed by atoms with Gasteiger partial charge in [-0.2, -0.15) is 0 Å². The van der Waals surface area contributed by atoms with Crippen LogP contribution in [0.2, 0.25) is 0 Å². The predicted molar refractivity (Wildman–Crippen MR) is 60.8 cm³/mol. The zero-order valence-corrected chi connectivity index (χ0v) is 10.1. The van der Waals surface area contributed by atoms with Gasteiger partial charge in [0, 0.05) is 22.0 Å². The summed E-state index contributed by atoms with van der Waals surface area (Å²) < 4.78 is 14.4. The molecule has 1 aromatic rings. The van der Waals surface area contributed by atoms with Crippen molar-refractivity contribution in [2.24, 2.45) is 5.73 Å². The second-order valence-corrected chi connectivity index (χ2v) is 4.57. The lowest BCUT2D eigenvalue weighted by atomic mass is 9.80. The van der Waals surface area contributed by atoms with Crippen LogP contribution in [0.4, 0.5) is 4.39 Å². The molecule has 0 spiro atoms. The van der Waals surface area contributed by atoms with Crippen LogP contribution in [0.3, 0.4) is 0 Å². The minimum Gasteiger partial charge on any atom is -0.330 e. The summed E-state index contributed by atoms with van der Waals surface area (Å²) >= 11 is 3.37. The van der Waals surface area contributed by atoms with Gasteiger partial charge in [-0.25, -0.2) is 4.39 Å². The lowest BCUT2D eigenvalue weighted by Gasteiger charge is -2.28. The van der Waals surface area contributed by atoms with Gasteiger partial charge >= 0.3 is 0 Å². The van der Waals surface area contributed by atoms with Gasteiger partial charge in [0.25, 0.3) is 0 Å². The Morgan fingerprint density at radius 3 is 2.57 bits per heavy atom. The molecule has 3 heteroatoms. The van der Waals surface area contributed by atoms with Crippen molar-refractivity contribution in [2.75, 3.05) is 6.54 Å². The standard InChI is InChI=1S/C11H15BrFN/c1-3-11(2,7-14)10-8(12)5-4-6-9(10)13/h4-6H,3,7,14H2,1-2H3. The number of hydrogen-bond donors (Lipinski definition) is 1. The molecule has 0 saturated heterocycles. The van der Waals surface area contributed by atoms with E-state index in [1.54, 1.807) is 6.07 Å². The fourth-order valence-corrected chi connectivity index (χ4v) is 2.32. The van der Waals surface area contributed by atoms with E-state index in [1.165, 1.54) is 6.07 Å². The maximum Gasteiger partial charge on any atom is 0.128 e. The average molecular weight is 260 g/mol. The van der Waals surface area contributed by atoms with Gasteiger partial charge in [0.1, 0.15) is 5.82 Å². The van der Waals surface area contributed by atoms with E-state index in [1.807, 2.05) is 19.9 Å². The van der Waals surface area contributed by atoms with Crippen molar-refractivity contribution in [3.05, 3.63) is 34.1 Å². The lowest BCUT2D eigenvalue weighted by molar-refractivity contribution is 0.436. The first kappa shape index (κ1) is 11.7. The Labute approximate surface area is 92.6 Å². The first-order valence-electron chi connectivity index (χ1n) is 4.69. The summed E-state index contributed by atoms with van der Waals surface area (Å²) in [6, 6.07) is 5.02. The van der Waals surface area contributed by atoms with E-state index < -0.39 is 0 Å². The van der Waals surface area contributed by atoms with Crippen molar-refractivity contribution >= 4 is 15.9 Å². The van der Waals surface area contributed by atoms with E-state index in [2.05, 4.69) is 15.9 Å². The third kappa shape index (κ3) is 1.98. The van der Waals surface area contributed by atoms with Crippen molar-refractivity contribution in [3.8, 4) is 0 Å². The number of halogens is 2. The minimum absolute atomic E-state index is 0.186. The molecule has 1 unspecified atom stereocenters. The normalized spacial score (nSPS) is 15.2. The Morgan fingerprint density at radius 2 is 2.14 bits per heavy atom. The average Bonchev–Trinajstić information content (AvgIpc) is 2.17. The van der Waals surface area contributed by atoms with Gasteiger partial charge in [-0.15, -0.1) is 0 Å².